The molecule has 2 nitrogen and oxygen atoms in total. The van der Waals surface area contributed by atoms with Gasteiger partial charge in [-0.2, -0.15) is 13.2 Å². The predicted molar refractivity (Wildman–Crippen MR) is 51.7 cm³/mol. The topological polar surface area (TPSA) is 15.3 Å². The van der Waals surface area contributed by atoms with Gasteiger partial charge in [-0.25, -0.2) is 0 Å². The molecule has 2 aliphatic rings. The van der Waals surface area contributed by atoms with E-state index in [0.29, 0.717) is 13.1 Å². The lowest BCUT2D eigenvalue weighted by atomic mass is 9.97. The minimum absolute atomic E-state index is 0.0144. The molecule has 2 saturated heterocycles. The maximum Gasteiger partial charge on any atom is 0.403 e. The molecule has 2 unspecified atom stereocenters. The first kappa shape index (κ1) is 11.2. The molecule has 0 aromatic carbocycles. The van der Waals surface area contributed by atoms with Crippen LogP contribution in [0.5, 0.6) is 0 Å². The fraction of sp³-hybridized carbons (Fsp3) is 1.00. The summed E-state index contributed by atoms with van der Waals surface area (Å²) in [5, 5.41) is 3.36. The van der Waals surface area contributed by atoms with E-state index < -0.39 is 12.2 Å². The van der Waals surface area contributed by atoms with Gasteiger partial charge < -0.3 is 5.32 Å². The molecule has 1 spiro atoms. The molecule has 1 N–H and O–H groups in total. The van der Waals surface area contributed by atoms with Crippen LogP contribution in [0.25, 0.3) is 0 Å². The van der Waals surface area contributed by atoms with Gasteiger partial charge in [0, 0.05) is 18.6 Å². The van der Waals surface area contributed by atoms with Crippen LogP contribution >= 0.6 is 0 Å². The number of nitrogens with one attached hydrogen (secondary N) is 1. The summed E-state index contributed by atoms with van der Waals surface area (Å²) in [5.74, 6) is 0. The molecule has 0 radical (unpaired) electrons. The van der Waals surface area contributed by atoms with Gasteiger partial charge in [-0.15, -0.1) is 0 Å². The Balaban J connectivity index is 1.97. The summed E-state index contributed by atoms with van der Waals surface area (Å²) in [6, 6.07) is -1.31. The van der Waals surface area contributed by atoms with Crippen LogP contribution < -0.4 is 5.32 Å². The molecule has 88 valence electrons. The van der Waals surface area contributed by atoms with Crippen LogP contribution in [-0.2, 0) is 0 Å². The van der Waals surface area contributed by atoms with Crippen molar-refractivity contribution in [2.24, 2.45) is 0 Å². The van der Waals surface area contributed by atoms with Crippen LogP contribution in [-0.4, -0.2) is 42.3 Å². The standard InChI is InChI=1S/C10H17F3N2/c1-8(10(11,12)13)15-6-4-9(7-15)3-2-5-14-9/h8,14H,2-7H2,1H3. The first-order valence-corrected chi connectivity index (χ1v) is 5.49. The van der Waals surface area contributed by atoms with Gasteiger partial charge in [-0.3, -0.25) is 4.90 Å². The Bertz CT molecular complexity index is 233. The van der Waals surface area contributed by atoms with Gasteiger partial charge in [0.25, 0.3) is 0 Å². The Morgan fingerprint density at radius 1 is 1.33 bits per heavy atom. The van der Waals surface area contributed by atoms with E-state index in [1.54, 1.807) is 4.90 Å². The summed E-state index contributed by atoms with van der Waals surface area (Å²) < 4.78 is 37.5. The molecule has 2 rings (SSSR count). The number of alkyl halides is 3. The molecule has 2 aliphatic heterocycles. The summed E-state index contributed by atoms with van der Waals surface area (Å²) in [7, 11) is 0. The molecule has 0 bridgehead atoms. The number of halogens is 3. The van der Waals surface area contributed by atoms with Crippen molar-refractivity contribution in [3.8, 4) is 0 Å². The Morgan fingerprint density at radius 2 is 2.07 bits per heavy atom. The normalized spacial score (nSPS) is 35.2. The lowest BCUT2D eigenvalue weighted by Crippen LogP contribution is -2.47. The van der Waals surface area contributed by atoms with Gasteiger partial charge in [0.15, 0.2) is 0 Å². The van der Waals surface area contributed by atoms with Crippen molar-refractivity contribution in [2.75, 3.05) is 19.6 Å². The quantitative estimate of drug-likeness (QED) is 0.727. The molecule has 5 heteroatoms. The van der Waals surface area contributed by atoms with E-state index in [2.05, 4.69) is 5.32 Å². The zero-order valence-electron chi connectivity index (χ0n) is 8.90. The SMILES string of the molecule is CC(N1CCC2(CCCN2)C1)C(F)(F)F. The lowest BCUT2D eigenvalue weighted by molar-refractivity contribution is -0.176. The van der Waals surface area contributed by atoms with Gasteiger partial charge >= 0.3 is 6.18 Å². The smallest absolute Gasteiger partial charge is 0.310 e. The molecule has 2 atom stereocenters. The Morgan fingerprint density at radius 3 is 2.60 bits per heavy atom. The monoisotopic (exact) mass is 222 g/mol. The maximum absolute atomic E-state index is 12.5. The van der Waals surface area contributed by atoms with Crippen molar-refractivity contribution < 1.29 is 13.2 Å². The van der Waals surface area contributed by atoms with E-state index in [-0.39, 0.29) is 5.54 Å². The summed E-state index contributed by atoms with van der Waals surface area (Å²) in [5.41, 5.74) is -0.0144. The second kappa shape index (κ2) is 3.63. The Labute approximate surface area is 87.8 Å². The average molecular weight is 222 g/mol. The van der Waals surface area contributed by atoms with E-state index in [1.807, 2.05) is 0 Å². The highest BCUT2D eigenvalue weighted by Gasteiger charge is 2.47. The number of rotatable bonds is 1. The van der Waals surface area contributed by atoms with E-state index >= 15 is 0 Å². The Hall–Kier alpha value is -0.290. The first-order chi connectivity index (χ1) is 6.93. The van der Waals surface area contributed by atoms with Crippen molar-refractivity contribution in [1.82, 2.24) is 10.2 Å². The Kier molecular flexibility index (Phi) is 2.71. The van der Waals surface area contributed by atoms with Gasteiger partial charge in [0.2, 0.25) is 0 Å². The molecule has 0 aromatic rings. The van der Waals surface area contributed by atoms with Crippen LogP contribution in [0.1, 0.15) is 26.2 Å². The summed E-state index contributed by atoms with van der Waals surface area (Å²) >= 11 is 0. The van der Waals surface area contributed by atoms with E-state index in [0.717, 1.165) is 25.8 Å². The lowest BCUT2D eigenvalue weighted by Gasteiger charge is -2.29. The van der Waals surface area contributed by atoms with Crippen LogP contribution in [0.4, 0.5) is 13.2 Å². The molecule has 0 amide bonds. The summed E-state index contributed by atoms with van der Waals surface area (Å²) in [6.45, 7) is 3.32. The van der Waals surface area contributed by atoms with Crippen LogP contribution in [0.3, 0.4) is 0 Å². The van der Waals surface area contributed by atoms with Crippen molar-refractivity contribution in [3.05, 3.63) is 0 Å². The van der Waals surface area contributed by atoms with Crippen LogP contribution in [0, 0.1) is 0 Å². The maximum atomic E-state index is 12.5. The van der Waals surface area contributed by atoms with E-state index in [9.17, 15) is 13.2 Å². The van der Waals surface area contributed by atoms with Crippen molar-refractivity contribution in [2.45, 2.75) is 43.9 Å². The number of nitrogens with zero attached hydrogens (tertiary/aromatic N) is 1. The van der Waals surface area contributed by atoms with Crippen LogP contribution in [0.2, 0.25) is 0 Å². The van der Waals surface area contributed by atoms with Crippen molar-refractivity contribution in [1.29, 1.82) is 0 Å². The molecule has 0 aliphatic carbocycles. The third kappa shape index (κ3) is 2.13. The van der Waals surface area contributed by atoms with Crippen molar-refractivity contribution in [3.63, 3.8) is 0 Å². The summed E-state index contributed by atoms with van der Waals surface area (Å²) in [4.78, 5) is 1.55. The van der Waals surface area contributed by atoms with Gasteiger partial charge in [-0.1, -0.05) is 0 Å². The fourth-order valence-corrected chi connectivity index (χ4v) is 2.66. The molecule has 15 heavy (non-hydrogen) atoms. The van der Waals surface area contributed by atoms with Gasteiger partial charge in [0.05, 0.1) is 0 Å². The fourth-order valence-electron chi connectivity index (χ4n) is 2.66. The molecule has 2 heterocycles. The van der Waals surface area contributed by atoms with E-state index in [1.165, 1.54) is 6.92 Å². The molecular formula is C10H17F3N2. The highest BCUT2D eigenvalue weighted by Crippen LogP contribution is 2.34. The largest absolute Gasteiger partial charge is 0.403 e. The third-order valence-corrected chi connectivity index (χ3v) is 3.74. The predicted octanol–water partition coefficient (Wildman–Crippen LogP) is 1.77. The van der Waals surface area contributed by atoms with Crippen LogP contribution in [0.15, 0.2) is 0 Å². The molecule has 0 saturated carbocycles. The van der Waals surface area contributed by atoms with E-state index in [4.69, 9.17) is 0 Å². The third-order valence-electron chi connectivity index (χ3n) is 3.74. The van der Waals surface area contributed by atoms with Crippen molar-refractivity contribution >= 4 is 0 Å². The average Bonchev–Trinajstić information content (AvgIpc) is 2.75. The van der Waals surface area contributed by atoms with Gasteiger partial charge in [-0.05, 0) is 32.7 Å². The molecular weight excluding hydrogens is 205 g/mol. The zero-order valence-corrected chi connectivity index (χ0v) is 8.90. The first-order valence-electron chi connectivity index (χ1n) is 5.49. The summed E-state index contributed by atoms with van der Waals surface area (Å²) in [6.07, 6.45) is -1.13. The molecule has 2 fully saturated rings. The highest BCUT2D eigenvalue weighted by atomic mass is 19.4. The second-order valence-corrected chi connectivity index (χ2v) is 4.75. The highest BCUT2D eigenvalue weighted by molar-refractivity contribution is 5.02. The second-order valence-electron chi connectivity index (χ2n) is 4.75. The minimum Gasteiger partial charge on any atom is -0.310 e. The minimum atomic E-state index is -4.09. The zero-order chi connectivity index (χ0) is 11.1. The van der Waals surface area contributed by atoms with Gasteiger partial charge in [0.1, 0.15) is 6.04 Å². The number of hydrogen-bond acceptors (Lipinski definition) is 2. The number of likely N-dealkylation sites (tertiary alicyclic amines) is 1. The molecule has 0 aromatic heterocycles. The number of hydrogen-bond donors (Lipinski definition) is 1.